The van der Waals surface area contributed by atoms with E-state index < -0.39 is 0 Å². The molecule has 1 rings (SSSR count). The van der Waals surface area contributed by atoms with Crippen molar-refractivity contribution >= 4 is 5.97 Å². The van der Waals surface area contributed by atoms with Crippen LogP contribution in [0.4, 0.5) is 0 Å². The van der Waals surface area contributed by atoms with Gasteiger partial charge in [0.15, 0.2) is 0 Å². The van der Waals surface area contributed by atoms with E-state index in [-0.39, 0.29) is 5.97 Å². The van der Waals surface area contributed by atoms with Crippen LogP contribution in [-0.2, 0) is 9.53 Å². The summed E-state index contributed by atoms with van der Waals surface area (Å²) in [7, 11) is 0. The first kappa shape index (κ1) is 11.5. The highest BCUT2D eigenvalue weighted by atomic mass is 16.5. The predicted molar refractivity (Wildman–Crippen MR) is 57.0 cm³/mol. The maximum atomic E-state index is 11.3. The Morgan fingerprint density at radius 2 is 2.00 bits per heavy atom. The second-order valence-corrected chi connectivity index (χ2v) is 4.38. The Bertz CT molecular complexity index is 171. The molecule has 1 saturated carbocycles. The zero-order valence-corrected chi connectivity index (χ0v) is 9.42. The summed E-state index contributed by atoms with van der Waals surface area (Å²) in [6, 6.07) is 0. The molecule has 2 heteroatoms. The molecule has 0 amide bonds. The van der Waals surface area contributed by atoms with E-state index in [1.54, 1.807) is 0 Å². The van der Waals surface area contributed by atoms with Gasteiger partial charge in [0.25, 0.3) is 0 Å². The monoisotopic (exact) mass is 198 g/mol. The fourth-order valence-corrected chi connectivity index (χ4v) is 2.35. The summed E-state index contributed by atoms with van der Waals surface area (Å²) in [5, 5.41) is 0. The summed E-state index contributed by atoms with van der Waals surface area (Å²) in [6.07, 6.45) is 7.29. The third-order valence-corrected chi connectivity index (χ3v) is 3.25. The summed E-state index contributed by atoms with van der Waals surface area (Å²) in [5.41, 5.74) is 0. The van der Waals surface area contributed by atoms with Crippen LogP contribution in [0, 0.1) is 11.8 Å². The third kappa shape index (κ3) is 3.69. The van der Waals surface area contributed by atoms with Gasteiger partial charge in [0.1, 0.15) is 0 Å². The Hall–Kier alpha value is -0.530. The molecule has 0 spiro atoms. The summed E-state index contributed by atoms with van der Waals surface area (Å²) in [5.74, 6) is 1.24. The van der Waals surface area contributed by atoms with E-state index in [0.29, 0.717) is 18.9 Å². The fourth-order valence-electron chi connectivity index (χ4n) is 2.35. The van der Waals surface area contributed by atoms with E-state index >= 15 is 0 Å². The largest absolute Gasteiger partial charge is 0.466 e. The molecule has 0 N–H and O–H groups in total. The fraction of sp³-hybridized carbons (Fsp3) is 0.917. The van der Waals surface area contributed by atoms with E-state index in [9.17, 15) is 4.79 Å². The summed E-state index contributed by atoms with van der Waals surface area (Å²) in [4.78, 5) is 11.3. The second-order valence-electron chi connectivity index (χ2n) is 4.38. The van der Waals surface area contributed by atoms with Crippen molar-refractivity contribution in [1.82, 2.24) is 0 Å². The van der Waals surface area contributed by atoms with Crippen molar-refractivity contribution in [2.45, 2.75) is 52.4 Å². The van der Waals surface area contributed by atoms with Crippen LogP contribution in [0.3, 0.4) is 0 Å². The minimum absolute atomic E-state index is 0.0226. The van der Waals surface area contributed by atoms with Gasteiger partial charge in [-0.05, 0) is 18.8 Å². The Kier molecular flexibility index (Phi) is 4.99. The van der Waals surface area contributed by atoms with Crippen LogP contribution in [0.5, 0.6) is 0 Å². The molecule has 0 bridgehead atoms. The number of hydrogen-bond acceptors (Lipinski definition) is 2. The first-order valence-electron chi connectivity index (χ1n) is 5.89. The topological polar surface area (TPSA) is 26.3 Å². The number of esters is 1. The third-order valence-electron chi connectivity index (χ3n) is 3.25. The minimum Gasteiger partial charge on any atom is -0.466 e. The van der Waals surface area contributed by atoms with Gasteiger partial charge < -0.3 is 4.74 Å². The SMILES string of the molecule is CCOC(=O)C[C@H](C)C1CCCCC1. The van der Waals surface area contributed by atoms with Crippen molar-refractivity contribution in [3.8, 4) is 0 Å². The van der Waals surface area contributed by atoms with Crippen LogP contribution in [0.15, 0.2) is 0 Å². The molecule has 82 valence electrons. The first-order valence-corrected chi connectivity index (χ1v) is 5.89. The van der Waals surface area contributed by atoms with E-state index in [1.165, 1.54) is 32.1 Å². The summed E-state index contributed by atoms with van der Waals surface area (Å²) >= 11 is 0. The van der Waals surface area contributed by atoms with Gasteiger partial charge in [-0.2, -0.15) is 0 Å². The van der Waals surface area contributed by atoms with Crippen LogP contribution in [0.2, 0.25) is 0 Å². The normalized spacial score (nSPS) is 20.4. The van der Waals surface area contributed by atoms with Crippen molar-refractivity contribution in [2.24, 2.45) is 11.8 Å². The Labute approximate surface area is 87.0 Å². The van der Waals surface area contributed by atoms with Gasteiger partial charge in [-0.15, -0.1) is 0 Å². The Morgan fingerprint density at radius 3 is 2.57 bits per heavy atom. The molecule has 1 fully saturated rings. The van der Waals surface area contributed by atoms with Gasteiger partial charge in [-0.25, -0.2) is 0 Å². The van der Waals surface area contributed by atoms with Crippen LogP contribution >= 0.6 is 0 Å². The maximum absolute atomic E-state index is 11.3. The van der Waals surface area contributed by atoms with Crippen LogP contribution in [0.1, 0.15) is 52.4 Å². The van der Waals surface area contributed by atoms with Gasteiger partial charge in [0.05, 0.1) is 6.61 Å². The summed E-state index contributed by atoms with van der Waals surface area (Å²) < 4.78 is 4.96. The lowest BCUT2D eigenvalue weighted by atomic mass is 9.79. The molecule has 1 aliphatic carbocycles. The highest BCUT2D eigenvalue weighted by Gasteiger charge is 2.22. The molecule has 2 nitrogen and oxygen atoms in total. The molecule has 1 aliphatic rings. The van der Waals surface area contributed by atoms with Crippen molar-refractivity contribution < 1.29 is 9.53 Å². The number of hydrogen-bond donors (Lipinski definition) is 0. The Balaban J connectivity index is 2.25. The van der Waals surface area contributed by atoms with Gasteiger partial charge in [-0.1, -0.05) is 39.0 Å². The Morgan fingerprint density at radius 1 is 1.36 bits per heavy atom. The number of ether oxygens (including phenoxy) is 1. The molecule has 0 radical (unpaired) electrons. The quantitative estimate of drug-likeness (QED) is 0.649. The van der Waals surface area contributed by atoms with Crippen molar-refractivity contribution in [1.29, 1.82) is 0 Å². The molecule has 0 heterocycles. The first-order chi connectivity index (χ1) is 6.74. The number of rotatable bonds is 4. The minimum atomic E-state index is -0.0226. The average molecular weight is 198 g/mol. The lowest BCUT2D eigenvalue weighted by Crippen LogP contribution is -2.19. The molecule has 0 unspecified atom stereocenters. The van der Waals surface area contributed by atoms with Gasteiger partial charge in [0, 0.05) is 6.42 Å². The van der Waals surface area contributed by atoms with E-state index in [4.69, 9.17) is 4.74 Å². The molecule has 0 aromatic heterocycles. The van der Waals surface area contributed by atoms with Crippen LogP contribution in [0.25, 0.3) is 0 Å². The highest BCUT2D eigenvalue weighted by Crippen LogP contribution is 2.31. The van der Waals surface area contributed by atoms with E-state index in [2.05, 4.69) is 6.92 Å². The van der Waals surface area contributed by atoms with Gasteiger partial charge in [-0.3, -0.25) is 4.79 Å². The molecule has 0 aliphatic heterocycles. The number of carbonyl (C=O) groups excluding carboxylic acids is 1. The molecule has 0 saturated heterocycles. The smallest absolute Gasteiger partial charge is 0.306 e. The van der Waals surface area contributed by atoms with Crippen molar-refractivity contribution in [3.63, 3.8) is 0 Å². The van der Waals surface area contributed by atoms with Gasteiger partial charge in [0.2, 0.25) is 0 Å². The predicted octanol–water partition coefficient (Wildman–Crippen LogP) is 3.16. The summed E-state index contributed by atoms with van der Waals surface area (Å²) in [6.45, 7) is 4.56. The lowest BCUT2D eigenvalue weighted by molar-refractivity contribution is -0.144. The standard InChI is InChI=1S/C12H22O2/c1-3-14-12(13)9-10(2)11-7-5-4-6-8-11/h10-11H,3-9H2,1-2H3/t10-/m0/s1. The lowest BCUT2D eigenvalue weighted by Gasteiger charge is -2.26. The van der Waals surface area contributed by atoms with E-state index in [1.807, 2.05) is 6.92 Å². The highest BCUT2D eigenvalue weighted by molar-refractivity contribution is 5.69. The molecule has 1 atom stereocenters. The molecular formula is C12H22O2. The molecular weight excluding hydrogens is 176 g/mol. The molecule has 14 heavy (non-hydrogen) atoms. The average Bonchev–Trinajstić information content (AvgIpc) is 2.19. The molecule has 0 aromatic rings. The van der Waals surface area contributed by atoms with Crippen LogP contribution in [-0.4, -0.2) is 12.6 Å². The second kappa shape index (κ2) is 6.05. The zero-order valence-electron chi connectivity index (χ0n) is 9.42. The van der Waals surface area contributed by atoms with Crippen molar-refractivity contribution in [3.05, 3.63) is 0 Å². The number of carbonyl (C=O) groups is 1. The van der Waals surface area contributed by atoms with Gasteiger partial charge >= 0.3 is 5.97 Å². The maximum Gasteiger partial charge on any atom is 0.306 e. The van der Waals surface area contributed by atoms with Crippen LogP contribution < -0.4 is 0 Å². The van der Waals surface area contributed by atoms with E-state index in [0.717, 1.165) is 5.92 Å². The van der Waals surface area contributed by atoms with Crippen molar-refractivity contribution in [2.75, 3.05) is 6.61 Å². The molecule has 0 aromatic carbocycles. The zero-order chi connectivity index (χ0) is 10.4.